The van der Waals surface area contributed by atoms with Gasteiger partial charge in [0.25, 0.3) is 5.91 Å². The maximum atomic E-state index is 13.8. The van der Waals surface area contributed by atoms with Gasteiger partial charge in [0.1, 0.15) is 17.4 Å². The predicted octanol–water partition coefficient (Wildman–Crippen LogP) is 3.33. The molecule has 1 heterocycles. The van der Waals surface area contributed by atoms with Crippen LogP contribution >= 0.6 is 0 Å². The van der Waals surface area contributed by atoms with Crippen molar-refractivity contribution in [3.05, 3.63) is 65.2 Å². The number of carbonyl (C=O) groups excluding carboxylic acids is 2. The van der Waals surface area contributed by atoms with Crippen molar-refractivity contribution in [2.75, 3.05) is 19.7 Å². The third-order valence-electron chi connectivity index (χ3n) is 4.91. The van der Waals surface area contributed by atoms with Gasteiger partial charge in [-0.2, -0.15) is 0 Å². The number of nitrogens with one attached hydrogen (secondary N) is 1. The van der Waals surface area contributed by atoms with Gasteiger partial charge in [-0.25, -0.2) is 8.78 Å². The van der Waals surface area contributed by atoms with Crippen LogP contribution in [0.4, 0.5) is 8.78 Å². The Labute approximate surface area is 168 Å². The number of carbonyl (C=O) groups is 2. The lowest BCUT2D eigenvalue weighted by atomic mass is 10.0. The van der Waals surface area contributed by atoms with E-state index in [0.29, 0.717) is 38.6 Å². The third-order valence-corrected chi connectivity index (χ3v) is 4.91. The second kappa shape index (κ2) is 9.49. The number of rotatable bonds is 6. The number of ether oxygens (including phenoxy) is 1. The molecule has 0 aliphatic carbocycles. The van der Waals surface area contributed by atoms with E-state index in [4.69, 9.17) is 4.74 Å². The molecule has 1 aliphatic heterocycles. The van der Waals surface area contributed by atoms with Gasteiger partial charge in [0.2, 0.25) is 5.91 Å². The first kappa shape index (κ1) is 20.8. The molecule has 7 heteroatoms. The molecule has 0 radical (unpaired) electrons. The average Bonchev–Trinajstić information content (AvgIpc) is 2.70. The number of amides is 2. The van der Waals surface area contributed by atoms with E-state index in [2.05, 4.69) is 5.32 Å². The van der Waals surface area contributed by atoms with Crippen LogP contribution in [0.2, 0.25) is 0 Å². The molecule has 2 aromatic carbocycles. The Bertz CT molecular complexity index is 863. The van der Waals surface area contributed by atoms with Crippen molar-refractivity contribution in [3.63, 3.8) is 0 Å². The maximum Gasteiger partial charge on any atom is 0.256 e. The smallest absolute Gasteiger partial charge is 0.256 e. The van der Waals surface area contributed by atoms with E-state index in [1.807, 2.05) is 31.2 Å². The van der Waals surface area contributed by atoms with Crippen LogP contribution < -0.4 is 10.1 Å². The molecule has 0 saturated carbocycles. The molecule has 0 bridgehead atoms. The highest BCUT2D eigenvalue weighted by Crippen LogP contribution is 2.17. The van der Waals surface area contributed by atoms with E-state index in [0.717, 1.165) is 23.4 Å². The minimum absolute atomic E-state index is 0.0349. The Morgan fingerprint density at radius 1 is 1.10 bits per heavy atom. The molecule has 2 amide bonds. The summed E-state index contributed by atoms with van der Waals surface area (Å²) in [6, 6.07) is 10.3. The van der Waals surface area contributed by atoms with Gasteiger partial charge in [-0.3, -0.25) is 9.59 Å². The molecule has 29 heavy (non-hydrogen) atoms. The monoisotopic (exact) mass is 402 g/mol. The molecular weight excluding hydrogens is 378 g/mol. The van der Waals surface area contributed by atoms with E-state index in [-0.39, 0.29) is 23.9 Å². The number of benzene rings is 2. The van der Waals surface area contributed by atoms with Gasteiger partial charge >= 0.3 is 0 Å². The van der Waals surface area contributed by atoms with Crippen molar-refractivity contribution in [1.82, 2.24) is 10.2 Å². The molecule has 5 nitrogen and oxygen atoms in total. The van der Waals surface area contributed by atoms with Crippen LogP contribution in [-0.4, -0.2) is 42.5 Å². The number of halogens is 2. The molecule has 0 aromatic heterocycles. The normalized spacial score (nSPS) is 14.5. The largest absolute Gasteiger partial charge is 0.494 e. The number of piperidine rings is 1. The maximum absolute atomic E-state index is 13.8. The van der Waals surface area contributed by atoms with E-state index in [9.17, 15) is 18.4 Å². The zero-order valence-electron chi connectivity index (χ0n) is 16.3. The standard InChI is InChI=1S/C22H24F2N2O3/c1-2-29-18-6-3-15(4-7-18)13-21(27)25-17-9-11-26(12-10-17)22(28)19-8-5-16(23)14-20(19)24/h3-8,14,17H,2,9-13H2,1H3,(H,25,27). The number of hydrogen-bond donors (Lipinski definition) is 1. The zero-order valence-corrected chi connectivity index (χ0v) is 16.3. The van der Waals surface area contributed by atoms with Crippen LogP contribution in [-0.2, 0) is 11.2 Å². The van der Waals surface area contributed by atoms with Gasteiger partial charge in [-0.15, -0.1) is 0 Å². The number of nitrogens with zero attached hydrogens (tertiary/aromatic N) is 1. The molecule has 0 spiro atoms. The first-order valence-electron chi connectivity index (χ1n) is 9.71. The summed E-state index contributed by atoms with van der Waals surface area (Å²) < 4.78 is 32.2. The van der Waals surface area contributed by atoms with E-state index >= 15 is 0 Å². The van der Waals surface area contributed by atoms with Crippen molar-refractivity contribution in [1.29, 1.82) is 0 Å². The Morgan fingerprint density at radius 3 is 2.41 bits per heavy atom. The van der Waals surface area contributed by atoms with E-state index in [1.165, 1.54) is 4.90 Å². The molecule has 1 saturated heterocycles. The van der Waals surface area contributed by atoms with Crippen molar-refractivity contribution >= 4 is 11.8 Å². The highest BCUT2D eigenvalue weighted by molar-refractivity contribution is 5.94. The van der Waals surface area contributed by atoms with E-state index < -0.39 is 17.5 Å². The zero-order chi connectivity index (χ0) is 20.8. The van der Waals surface area contributed by atoms with Crippen molar-refractivity contribution in [2.45, 2.75) is 32.2 Å². The quantitative estimate of drug-likeness (QED) is 0.806. The van der Waals surface area contributed by atoms with Crippen LogP contribution in [0.5, 0.6) is 5.75 Å². The van der Waals surface area contributed by atoms with Gasteiger partial charge < -0.3 is 15.0 Å². The van der Waals surface area contributed by atoms with Crippen LogP contribution in [0.3, 0.4) is 0 Å². The second-order valence-corrected chi connectivity index (χ2v) is 7.01. The molecule has 0 atom stereocenters. The summed E-state index contributed by atoms with van der Waals surface area (Å²) in [6.45, 7) is 3.32. The number of likely N-dealkylation sites (tertiary alicyclic amines) is 1. The van der Waals surface area contributed by atoms with Gasteiger partial charge in [0.15, 0.2) is 0 Å². The Hall–Kier alpha value is -2.96. The average molecular weight is 402 g/mol. The molecule has 0 unspecified atom stereocenters. The number of hydrogen-bond acceptors (Lipinski definition) is 3. The fraction of sp³-hybridized carbons (Fsp3) is 0.364. The summed E-state index contributed by atoms with van der Waals surface area (Å²) in [4.78, 5) is 26.3. The minimum Gasteiger partial charge on any atom is -0.494 e. The van der Waals surface area contributed by atoms with Crippen LogP contribution in [0.15, 0.2) is 42.5 Å². The van der Waals surface area contributed by atoms with Gasteiger partial charge in [-0.1, -0.05) is 12.1 Å². The Kier molecular flexibility index (Phi) is 6.80. The van der Waals surface area contributed by atoms with Gasteiger partial charge in [-0.05, 0) is 49.6 Å². The summed E-state index contributed by atoms with van der Waals surface area (Å²) in [5, 5.41) is 2.99. The topological polar surface area (TPSA) is 58.6 Å². The highest BCUT2D eigenvalue weighted by atomic mass is 19.1. The SMILES string of the molecule is CCOc1ccc(CC(=O)NC2CCN(C(=O)c3ccc(F)cc3F)CC2)cc1. The molecule has 154 valence electrons. The first-order chi connectivity index (χ1) is 14.0. The lowest BCUT2D eigenvalue weighted by Gasteiger charge is -2.32. The summed E-state index contributed by atoms with van der Waals surface area (Å²) >= 11 is 0. The molecule has 2 aromatic rings. The Morgan fingerprint density at radius 2 is 1.79 bits per heavy atom. The fourth-order valence-electron chi connectivity index (χ4n) is 3.39. The molecule has 3 rings (SSSR count). The third kappa shape index (κ3) is 5.53. The molecule has 1 fully saturated rings. The van der Waals surface area contributed by atoms with Crippen molar-refractivity contribution in [2.24, 2.45) is 0 Å². The second-order valence-electron chi connectivity index (χ2n) is 7.01. The predicted molar refractivity (Wildman–Crippen MR) is 105 cm³/mol. The van der Waals surface area contributed by atoms with Gasteiger partial charge in [0, 0.05) is 25.2 Å². The molecular formula is C22H24F2N2O3. The minimum atomic E-state index is -0.860. The van der Waals surface area contributed by atoms with Crippen molar-refractivity contribution in [3.8, 4) is 5.75 Å². The summed E-state index contributed by atoms with van der Waals surface area (Å²) in [5.41, 5.74) is 0.759. The lowest BCUT2D eigenvalue weighted by molar-refractivity contribution is -0.121. The highest BCUT2D eigenvalue weighted by Gasteiger charge is 2.26. The first-order valence-corrected chi connectivity index (χ1v) is 9.71. The lowest BCUT2D eigenvalue weighted by Crippen LogP contribution is -2.47. The Balaban J connectivity index is 1.47. The van der Waals surface area contributed by atoms with Crippen LogP contribution in [0.25, 0.3) is 0 Å². The van der Waals surface area contributed by atoms with Gasteiger partial charge in [0.05, 0.1) is 18.6 Å². The van der Waals surface area contributed by atoms with Crippen molar-refractivity contribution < 1.29 is 23.1 Å². The van der Waals surface area contributed by atoms with Crippen LogP contribution in [0.1, 0.15) is 35.7 Å². The van der Waals surface area contributed by atoms with Crippen LogP contribution in [0, 0.1) is 11.6 Å². The fourth-order valence-corrected chi connectivity index (χ4v) is 3.39. The molecule has 1 N–H and O–H groups in total. The summed E-state index contributed by atoms with van der Waals surface area (Å²) in [7, 11) is 0. The van der Waals surface area contributed by atoms with E-state index in [1.54, 1.807) is 0 Å². The molecule has 1 aliphatic rings. The summed E-state index contributed by atoms with van der Waals surface area (Å²) in [5.74, 6) is -1.34. The summed E-state index contributed by atoms with van der Waals surface area (Å²) in [6.07, 6.45) is 1.44.